The van der Waals surface area contributed by atoms with Crippen molar-refractivity contribution in [2.24, 2.45) is 0 Å². The lowest BCUT2D eigenvalue weighted by atomic mass is 9.82. The van der Waals surface area contributed by atoms with Gasteiger partial charge in [0, 0.05) is 31.6 Å². The fourth-order valence-electron chi connectivity index (χ4n) is 3.53. The summed E-state index contributed by atoms with van der Waals surface area (Å²) >= 11 is 0. The van der Waals surface area contributed by atoms with E-state index in [1.54, 1.807) is 0 Å². The number of aliphatic hydroxyl groups excluding tert-OH is 2. The Bertz CT molecular complexity index is 662. The van der Waals surface area contributed by atoms with Crippen LogP contribution in [0.5, 0.6) is 0 Å². The maximum absolute atomic E-state index is 13.9. The molecule has 0 amide bonds. The Morgan fingerprint density at radius 2 is 1.82 bits per heavy atom. The second-order valence-electron chi connectivity index (χ2n) is 7.02. The monoisotopic (exact) mass is 409 g/mol. The molecule has 0 aliphatic carbocycles. The lowest BCUT2D eigenvalue weighted by molar-refractivity contribution is -0.188. The van der Waals surface area contributed by atoms with Gasteiger partial charge in [-0.3, -0.25) is 9.69 Å². The van der Waals surface area contributed by atoms with E-state index < -0.39 is 35.4 Å². The summed E-state index contributed by atoms with van der Waals surface area (Å²) in [6, 6.07) is 2.45. The van der Waals surface area contributed by atoms with Gasteiger partial charge in [0.05, 0.1) is 23.9 Å². The summed E-state index contributed by atoms with van der Waals surface area (Å²) in [5.41, 5.74) is -1.35. The van der Waals surface area contributed by atoms with Crippen molar-refractivity contribution >= 4 is 6.47 Å². The van der Waals surface area contributed by atoms with Gasteiger partial charge in [0.1, 0.15) is 11.9 Å². The summed E-state index contributed by atoms with van der Waals surface area (Å²) in [5, 5.41) is 26.3. The molecule has 0 bridgehead atoms. The molecule has 0 saturated carbocycles. The Labute approximate surface area is 159 Å². The largest absolute Gasteiger partial charge is 0.483 e. The number of benzene rings is 1. The SMILES string of the molecule is O=CO.O[C@@H]1CC2(CCN(Cc3cc(C(F)(F)F)ccc3F)CC2)OC[C@@H]1O. The minimum Gasteiger partial charge on any atom is -0.483 e. The number of ether oxygens (including phenoxy) is 1. The molecule has 3 rings (SSSR count). The molecular weight excluding hydrogens is 386 g/mol. The maximum Gasteiger partial charge on any atom is 0.416 e. The van der Waals surface area contributed by atoms with Gasteiger partial charge in [-0.05, 0) is 31.0 Å². The first-order valence-electron chi connectivity index (χ1n) is 8.76. The van der Waals surface area contributed by atoms with Crippen molar-refractivity contribution in [3.05, 3.63) is 35.1 Å². The maximum atomic E-state index is 13.9. The molecule has 2 saturated heterocycles. The number of carboxylic acid groups (broad SMARTS) is 1. The predicted molar refractivity (Wildman–Crippen MR) is 89.9 cm³/mol. The molecule has 3 N–H and O–H groups in total. The second-order valence-corrected chi connectivity index (χ2v) is 7.02. The topological polar surface area (TPSA) is 90.2 Å². The molecule has 28 heavy (non-hydrogen) atoms. The number of halogens is 4. The van der Waals surface area contributed by atoms with Gasteiger partial charge in [-0.25, -0.2) is 4.39 Å². The summed E-state index contributed by atoms with van der Waals surface area (Å²) in [6.07, 6.45) is -4.72. The number of likely N-dealkylation sites (tertiary alicyclic amines) is 1. The first kappa shape index (κ1) is 22.5. The molecule has 0 aromatic heterocycles. The van der Waals surface area contributed by atoms with Gasteiger partial charge in [0.2, 0.25) is 0 Å². The third kappa shape index (κ3) is 5.63. The number of hydrogen-bond donors (Lipinski definition) is 3. The average molecular weight is 409 g/mol. The lowest BCUT2D eigenvalue weighted by Gasteiger charge is -2.46. The highest BCUT2D eigenvalue weighted by atomic mass is 19.4. The molecule has 10 heteroatoms. The number of nitrogens with zero attached hydrogens (tertiary/aromatic N) is 1. The molecule has 2 aliphatic rings. The molecule has 1 spiro atoms. The quantitative estimate of drug-likeness (QED) is 0.512. The van der Waals surface area contributed by atoms with E-state index in [9.17, 15) is 27.8 Å². The highest BCUT2D eigenvalue weighted by Crippen LogP contribution is 2.36. The number of aliphatic hydroxyl groups is 2. The zero-order chi connectivity index (χ0) is 20.9. The third-order valence-corrected chi connectivity index (χ3v) is 5.12. The van der Waals surface area contributed by atoms with E-state index in [0.717, 1.165) is 18.2 Å². The van der Waals surface area contributed by atoms with Crippen LogP contribution in [0.2, 0.25) is 0 Å². The van der Waals surface area contributed by atoms with Gasteiger partial charge < -0.3 is 20.1 Å². The zero-order valence-corrected chi connectivity index (χ0v) is 15.0. The van der Waals surface area contributed by atoms with Crippen LogP contribution in [0.4, 0.5) is 17.6 Å². The molecule has 2 fully saturated rings. The van der Waals surface area contributed by atoms with Crippen molar-refractivity contribution in [3.8, 4) is 0 Å². The van der Waals surface area contributed by atoms with E-state index in [4.69, 9.17) is 14.6 Å². The average Bonchev–Trinajstić information content (AvgIpc) is 2.62. The Balaban J connectivity index is 0.000000878. The van der Waals surface area contributed by atoms with Crippen molar-refractivity contribution in [3.63, 3.8) is 0 Å². The standard InChI is InChI=1S/C17H21F4NO3.CH2O2/c18-13-2-1-12(17(19,20)21)7-11(13)9-22-5-3-16(4-6-22)8-14(23)15(24)10-25-16;2-1-3/h1-2,7,14-15,23-24H,3-6,8-10H2;1H,(H,2,3)/t14-,15+;/m1./s1. The molecular formula is C18H23F4NO5. The van der Waals surface area contributed by atoms with Gasteiger partial charge in [0.25, 0.3) is 6.47 Å². The molecule has 0 radical (unpaired) electrons. The van der Waals surface area contributed by atoms with Crippen molar-refractivity contribution < 1.29 is 42.4 Å². The van der Waals surface area contributed by atoms with E-state index in [2.05, 4.69) is 0 Å². The molecule has 158 valence electrons. The molecule has 0 unspecified atom stereocenters. The smallest absolute Gasteiger partial charge is 0.416 e. The number of piperidine rings is 1. The summed E-state index contributed by atoms with van der Waals surface area (Å²) in [4.78, 5) is 10.2. The lowest BCUT2D eigenvalue weighted by Crippen LogP contribution is -2.54. The van der Waals surface area contributed by atoms with E-state index in [-0.39, 0.29) is 25.2 Å². The van der Waals surface area contributed by atoms with Gasteiger partial charge in [-0.1, -0.05) is 0 Å². The van der Waals surface area contributed by atoms with Crippen molar-refractivity contribution in [1.29, 1.82) is 0 Å². The van der Waals surface area contributed by atoms with E-state index in [0.29, 0.717) is 32.4 Å². The van der Waals surface area contributed by atoms with Crippen LogP contribution >= 0.6 is 0 Å². The second kappa shape index (κ2) is 9.17. The molecule has 1 aromatic carbocycles. The molecule has 2 atom stereocenters. The summed E-state index contributed by atoms with van der Waals surface area (Å²) in [5.74, 6) is -0.652. The molecule has 2 aliphatic heterocycles. The number of alkyl halides is 3. The Kier molecular flexibility index (Phi) is 7.38. The van der Waals surface area contributed by atoms with Gasteiger partial charge in [-0.2, -0.15) is 13.2 Å². The Morgan fingerprint density at radius 3 is 2.36 bits per heavy atom. The van der Waals surface area contributed by atoms with E-state index in [1.807, 2.05) is 4.90 Å². The van der Waals surface area contributed by atoms with Crippen molar-refractivity contribution in [2.45, 2.75) is 49.8 Å². The van der Waals surface area contributed by atoms with Gasteiger partial charge in [-0.15, -0.1) is 0 Å². The van der Waals surface area contributed by atoms with E-state index >= 15 is 0 Å². The van der Waals surface area contributed by atoms with Crippen molar-refractivity contribution in [1.82, 2.24) is 4.90 Å². The van der Waals surface area contributed by atoms with Crippen LogP contribution in [0.3, 0.4) is 0 Å². The molecule has 6 nitrogen and oxygen atoms in total. The normalized spacial score (nSPS) is 25.1. The first-order valence-corrected chi connectivity index (χ1v) is 8.76. The third-order valence-electron chi connectivity index (χ3n) is 5.12. The first-order chi connectivity index (χ1) is 13.1. The Morgan fingerprint density at radius 1 is 1.21 bits per heavy atom. The number of carbonyl (C=O) groups is 1. The van der Waals surface area contributed by atoms with Crippen LogP contribution in [0.25, 0.3) is 0 Å². The minimum absolute atomic E-state index is 0.0193. The molecule has 2 heterocycles. The summed E-state index contributed by atoms with van der Waals surface area (Å²) < 4.78 is 58.0. The van der Waals surface area contributed by atoms with Gasteiger partial charge in [0.15, 0.2) is 0 Å². The zero-order valence-electron chi connectivity index (χ0n) is 15.0. The van der Waals surface area contributed by atoms with Crippen LogP contribution in [-0.4, -0.2) is 64.2 Å². The summed E-state index contributed by atoms with van der Waals surface area (Å²) in [6.45, 7) is 0.970. The predicted octanol–water partition coefficient (Wildman–Crippen LogP) is 2.02. The van der Waals surface area contributed by atoms with Crippen LogP contribution in [0, 0.1) is 5.82 Å². The highest BCUT2D eigenvalue weighted by molar-refractivity contribution is 5.32. The number of rotatable bonds is 2. The van der Waals surface area contributed by atoms with Crippen LogP contribution in [-0.2, 0) is 22.3 Å². The van der Waals surface area contributed by atoms with E-state index in [1.165, 1.54) is 0 Å². The Hall–Kier alpha value is -1.75. The fourth-order valence-corrected chi connectivity index (χ4v) is 3.53. The van der Waals surface area contributed by atoms with Crippen LogP contribution in [0.15, 0.2) is 18.2 Å². The van der Waals surface area contributed by atoms with Crippen molar-refractivity contribution in [2.75, 3.05) is 19.7 Å². The number of hydrogen-bond acceptors (Lipinski definition) is 5. The molecule has 1 aromatic rings. The summed E-state index contributed by atoms with van der Waals surface area (Å²) in [7, 11) is 0. The minimum atomic E-state index is -4.50. The van der Waals surface area contributed by atoms with Gasteiger partial charge >= 0.3 is 6.18 Å². The van der Waals surface area contributed by atoms with Crippen LogP contribution < -0.4 is 0 Å². The van der Waals surface area contributed by atoms with Crippen LogP contribution in [0.1, 0.15) is 30.4 Å². The fraction of sp³-hybridized carbons (Fsp3) is 0.611. The highest BCUT2D eigenvalue weighted by Gasteiger charge is 2.43.